The van der Waals surface area contributed by atoms with Crippen molar-refractivity contribution >= 4 is 5.91 Å². The van der Waals surface area contributed by atoms with Gasteiger partial charge in [0.05, 0.1) is 11.3 Å². The number of aliphatic hydroxyl groups is 1. The minimum Gasteiger partial charge on any atom is -0.380 e. The van der Waals surface area contributed by atoms with Crippen LogP contribution in [-0.2, 0) is 18.4 Å². The maximum atomic E-state index is 13.1. The van der Waals surface area contributed by atoms with E-state index >= 15 is 0 Å². The van der Waals surface area contributed by atoms with Crippen molar-refractivity contribution in [1.82, 2.24) is 19.6 Å². The van der Waals surface area contributed by atoms with Crippen molar-refractivity contribution < 1.29 is 9.90 Å². The standard InChI is InChI=1S/C21H28N4O3/c1-15-18(19(26)25(23(15)2)17-6-4-3-5-7-17)14-24-12-10-21(28,11-13-24)20(27)22-16-8-9-16/h3-7,16,28H,8-14H2,1-2H3,(H,22,27). The fourth-order valence-corrected chi connectivity index (χ4v) is 3.88. The Morgan fingerprint density at radius 1 is 1.21 bits per heavy atom. The second kappa shape index (κ2) is 7.22. The van der Waals surface area contributed by atoms with Gasteiger partial charge in [-0.3, -0.25) is 19.2 Å². The number of likely N-dealkylation sites (tertiary alicyclic amines) is 1. The Labute approximate surface area is 164 Å². The summed E-state index contributed by atoms with van der Waals surface area (Å²) in [6.07, 6.45) is 2.80. The highest BCUT2D eigenvalue weighted by atomic mass is 16.3. The summed E-state index contributed by atoms with van der Waals surface area (Å²) in [6.45, 7) is 3.67. The monoisotopic (exact) mass is 384 g/mol. The third kappa shape index (κ3) is 3.52. The van der Waals surface area contributed by atoms with Crippen molar-refractivity contribution in [3.63, 3.8) is 0 Å². The molecule has 0 atom stereocenters. The fraction of sp³-hybridized carbons (Fsp3) is 0.524. The van der Waals surface area contributed by atoms with Crippen LogP contribution in [0, 0.1) is 6.92 Å². The van der Waals surface area contributed by atoms with E-state index in [1.54, 1.807) is 4.68 Å². The van der Waals surface area contributed by atoms with Crippen LogP contribution in [-0.4, -0.2) is 50.0 Å². The highest BCUT2D eigenvalue weighted by molar-refractivity contribution is 5.85. The summed E-state index contributed by atoms with van der Waals surface area (Å²) < 4.78 is 3.57. The van der Waals surface area contributed by atoms with Crippen molar-refractivity contribution in [2.24, 2.45) is 7.05 Å². The van der Waals surface area contributed by atoms with Gasteiger partial charge in [-0.05, 0) is 44.7 Å². The van der Waals surface area contributed by atoms with Gasteiger partial charge in [-0.1, -0.05) is 18.2 Å². The second-order valence-electron chi connectivity index (χ2n) is 8.10. The summed E-state index contributed by atoms with van der Waals surface area (Å²) in [5, 5.41) is 13.6. The number of aromatic nitrogens is 2. The van der Waals surface area contributed by atoms with Crippen LogP contribution < -0.4 is 10.9 Å². The van der Waals surface area contributed by atoms with Gasteiger partial charge in [-0.2, -0.15) is 0 Å². The summed E-state index contributed by atoms with van der Waals surface area (Å²) in [6, 6.07) is 9.86. The molecule has 7 heteroatoms. The van der Waals surface area contributed by atoms with E-state index in [1.807, 2.05) is 49.0 Å². The van der Waals surface area contributed by atoms with E-state index in [2.05, 4.69) is 10.2 Å². The number of benzene rings is 1. The fourth-order valence-electron chi connectivity index (χ4n) is 3.88. The number of piperidine rings is 1. The molecule has 150 valence electrons. The third-order valence-electron chi connectivity index (χ3n) is 6.07. The molecule has 1 saturated heterocycles. The summed E-state index contributed by atoms with van der Waals surface area (Å²) in [4.78, 5) is 27.5. The molecule has 0 radical (unpaired) electrons. The van der Waals surface area contributed by atoms with Crippen LogP contribution in [0.2, 0.25) is 0 Å². The Morgan fingerprint density at radius 2 is 1.86 bits per heavy atom. The highest BCUT2D eigenvalue weighted by Crippen LogP contribution is 2.26. The number of para-hydroxylation sites is 1. The smallest absolute Gasteiger partial charge is 0.276 e. The minimum absolute atomic E-state index is 0.0153. The first-order chi connectivity index (χ1) is 13.4. The number of carbonyl (C=O) groups is 1. The van der Waals surface area contributed by atoms with Gasteiger partial charge in [0.15, 0.2) is 0 Å². The van der Waals surface area contributed by atoms with Gasteiger partial charge >= 0.3 is 0 Å². The number of carbonyl (C=O) groups excluding carboxylic acids is 1. The Hall–Kier alpha value is -2.38. The van der Waals surface area contributed by atoms with Crippen molar-refractivity contribution in [3.05, 3.63) is 51.9 Å². The van der Waals surface area contributed by atoms with Crippen molar-refractivity contribution in [2.75, 3.05) is 13.1 Å². The maximum absolute atomic E-state index is 13.1. The molecule has 2 aliphatic rings. The van der Waals surface area contributed by atoms with E-state index in [0.717, 1.165) is 29.8 Å². The molecule has 1 aliphatic carbocycles. The van der Waals surface area contributed by atoms with E-state index in [9.17, 15) is 14.7 Å². The molecule has 2 N–H and O–H groups in total. The van der Waals surface area contributed by atoms with E-state index in [1.165, 1.54) is 0 Å². The quantitative estimate of drug-likeness (QED) is 0.809. The zero-order valence-corrected chi connectivity index (χ0v) is 16.5. The Kier molecular flexibility index (Phi) is 4.89. The number of nitrogens with one attached hydrogen (secondary N) is 1. The molecule has 28 heavy (non-hydrogen) atoms. The van der Waals surface area contributed by atoms with Crippen LogP contribution in [0.15, 0.2) is 35.1 Å². The largest absolute Gasteiger partial charge is 0.380 e. The lowest BCUT2D eigenvalue weighted by Gasteiger charge is -2.36. The first-order valence-electron chi connectivity index (χ1n) is 9.98. The highest BCUT2D eigenvalue weighted by Gasteiger charge is 2.41. The summed E-state index contributed by atoms with van der Waals surface area (Å²) >= 11 is 0. The van der Waals surface area contributed by atoms with Crippen molar-refractivity contribution in [1.29, 1.82) is 0 Å². The zero-order valence-electron chi connectivity index (χ0n) is 16.5. The molecule has 4 rings (SSSR count). The Morgan fingerprint density at radius 3 is 2.46 bits per heavy atom. The van der Waals surface area contributed by atoms with Crippen molar-refractivity contribution in [2.45, 2.75) is 50.8 Å². The number of nitrogens with zero attached hydrogens (tertiary/aromatic N) is 3. The Balaban J connectivity index is 1.47. The van der Waals surface area contributed by atoms with Crippen LogP contribution in [0.25, 0.3) is 5.69 Å². The molecule has 2 aromatic rings. The predicted octanol–water partition coefficient (Wildman–Crippen LogP) is 1.09. The van der Waals surface area contributed by atoms with Gasteiger partial charge in [0.1, 0.15) is 5.60 Å². The second-order valence-corrected chi connectivity index (χ2v) is 8.10. The summed E-state index contributed by atoms with van der Waals surface area (Å²) in [7, 11) is 1.89. The molecule has 2 fully saturated rings. The number of amides is 1. The van der Waals surface area contributed by atoms with Crippen molar-refractivity contribution in [3.8, 4) is 5.69 Å². The molecule has 7 nitrogen and oxygen atoms in total. The van der Waals surface area contributed by atoms with Gasteiger partial charge in [-0.25, -0.2) is 4.68 Å². The minimum atomic E-state index is -1.28. The molecule has 1 aromatic heterocycles. The topological polar surface area (TPSA) is 79.5 Å². The zero-order chi connectivity index (χ0) is 19.9. The average Bonchev–Trinajstić information content (AvgIpc) is 3.48. The lowest BCUT2D eigenvalue weighted by atomic mass is 9.90. The molecular formula is C21H28N4O3. The molecular weight excluding hydrogens is 356 g/mol. The Bertz CT molecular complexity index is 919. The van der Waals surface area contributed by atoms with Crippen LogP contribution in [0.1, 0.15) is 36.9 Å². The number of hydrogen-bond acceptors (Lipinski definition) is 4. The predicted molar refractivity (Wildman–Crippen MR) is 106 cm³/mol. The van der Waals surface area contributed by atoms with Gasteiger partial charge in [0.25, 0.3) is 11.5 Å². The summed E-state index contributed by atoms with van der Waals surface area (Å²) in [5.74, 6) is -0.239. The molecule has 1 aromatic carbocycles. The molecule has 2 heterocycles. The van der Waals surface area contributed by atoms with Crippen LogP contribution in [0.3, 0.4) is 0 Å². The number of rotatable bonds is 5. The molecule has 0 bridgehead atoms. The number of hydrogen-bond donors (Lipinski definition) is 2. The molecule has 1 amide bonds. The van der Waals surface area contributed by atoms with E-state index in [-0.39, 0.29) is 17.5 Å². The van der Waals surface area contributed by atoms with Crippen LogP contribution in [0.4, 0.5) is 0 Å². The van der Waals surface area contributed by atoms with Gasteiger partial charge < -0.3 is 10.4 Å². The SMILES string of the molecule is Cc1c(CN2CCC(O)(C(=O)NC3CC3)CC2)c(=O)n(-c2ccccc2)n1C. The molecule has 1 aliphatic heterocycles. The maximum Gasteiger partial charge on any atom is 0.276 e. The lowest BCUT2D eigenvalue weighted by molar-refractivity contribution is -0.145. The first kappa shape index (κ1) is 19.0. The molecule has 0 spiro atoms. The normalized spacial score (nSPS) is 19.5. The molecule has 1 saturated carbocycles. The van der Waals surface area contributed by atoms with Gasteiger partial charge in [-0.15, -0.1) is 0 Å². The summed E-state index contributed by atoms with van der Waals surface area (Å²) in [5.41, 5.74) is 1.24. The van der Waals surface area contributed by atoms with E-state index in [0.29, 0.717) is 32.5 Å². The van der Waals surface area contributed by atoms with E-state index in [4.69, 9.17) is 0 Å². The first-order valence-corrected chi connectivity index (χ1v) is 9.98. The molecule has 0 unspecified atom stereocenters. The van der Waals surface area contributed by atoms with Gasteiger partial charge in [0, 0.05) is 38.4 Å². The van der Waals surface area contributed by atoms with Crippen LogP contribution >= 0.6 is 0 Å². The van der Waals surface area contributed by atoms with E-state index < -0.39 is 5.60 Å². The lowest BCUT2D eigenvalue weighted by Crippen LogP contribution is -2.54. The van der Waals surface area contributed by atoms with Gasteiger partial charge in [0.2, 0.25) is 0 Å². The van der Waals surface area contributed by atoms with Crippen LogP contribution in [0.5, 0.6) is 0 Å². The third-order valence-corrected chi connectivity index (χ3v) is 6.07. The average molecular weight is 384 g/mol.